The lowest BCUT2D eigenvalue weighted by Crippen LogP contribution is -2.38. The van der Waals surface area contributed by atoms with Crippen LogP contribution in [0, 0.1) is 17.8 Å². The van der Waals surface area contributed by atoms with Gasteiger partial charge >= 0.3 is 0 Å². The van der Waals surface area contributed by atoms with Crippen LogP contribution in [0.15, 0.2) is 0 Å². The van der Waals surface area contributed by atoms with Crippen LogP contribution in [-0.2, 0) is 4.74 Å². The molecule has 0 radical (unpaired) electrons. The molecule has 3 nitrogen and oxygen atoms in total. The second-order valence-electron chi connectivity index (χ2n) is 8.02. The summed E-state index contributed by atoms with van der Waals surface area (Å²) in [7, 11) is 0. The monoisotopic (exact) mass is 298 g/mol. The van der Waals surface area contributed by atoms with E-state index in [1.54, 1.807) is 0 Å². The van der Waals surface area contributed by atoms with E-state index in [2.05, 4.69) is 51.8 Å². The molecule has 0 bridgehead atoms. The Morgan fingerprint density at radius 2 is 1.48 bits per heavy atom. The average molecular weight is 299 g/mol. The quantitative estimate of drug-likeness (QED) is 0.669. The Bertz CT molecular complexity index is 256. The van der Waals surface area contributed by atoms with Gasteiger partial charge in [-0.2, -0.15) is 0 Å². The molecule has 0 aromatic heterocycles. The van der Waals surface area contributed by atoms with Crippen molar-refractivity contribution in [3.05, 3.63) is 0 Å². The highest BCUT2D eigenvalue weighted by Crippen LogP contribution is 2.21. The first-order valence-corrected chi connectivity index (χ1v) is 8.95. The Morgan fingerprint density at radius 3 is 2.00 bits per heavy atom. The Morgan fingerprint density at radius 1 is 0.905 bits per heavy atom. The molecule has 1 N–H and O–H groups in total. The first-order valence-electron chi connectivity index (χ1n) is 8.95. The maximum absolute atomic E-state index is 6.23. The van der Waals surface area contributed by atoms with Crippen LogP contribution in [0.5, 0.6) is 0 Å². The molecule has 3 heteroatoms. The van der Waals surface area contributed by atoms with Crippen LogP contribution in [0.4, 0.5) is 0 Å². The Hall–Kier alpha value is -0.120. The summed E-state index contributed by atoms with van der Waals surface area (Å²) in [6.45, 7) is 19.3. The Balaban J connectivity index is 2.29. The predicted molar refractivity (Wildman–Crippen MR) is 91.7 cm³/mol. The first-order chi connectivity index (χ1) is 9.86. The van der Waals surface area contributed by atoms with E-state index in [1.807, 2.05) is 0 Å². The minimum atomic E-state index is 0.425. The zero-order chi connectivity index (χ0) is 15.8. The zero-order valence-corrected chi connectivity index (χ0v) is 15.2. The number of ether oxygens (including phenoxy) is 1. The van der Waals surface area contributed by atoms with Crippen molar-refractivity contribution in [1.29, 1.82) is 0 Å². The topological polar surface area (TPSA) is 24.5 Å². The number of hydrogen-bond acceptors (Lipinski definition) is 3. The van der Waals surface area contributed by atoms with E-state index in [4.69, 9.17) is 4.74 Å². The molecule has 21 heavy (non-hydrogen) atoms. The summed E-state index contributed by atoms with van der Waals surface area (Å²) in [5.41, 5.74) is 0. The SMILES string of the molecule is CC(C)CNCC1CCC(CN(CC(C)C)CC(C)C)O1. The van der Waals surface area contributed by atoms with Gasteiger partial charge in [0.2, 0.25) is 0 Å². The molecule has 0 aromatic carbocycles. The highest BCUT2D eigenvalue weighted by atomic mass is 16.5. The van der Waals surface area contributed by atoms with E-state index in [0.29, 0.717) is 12.2 Å². The van der Waals surface area contributed by atoms with Crippen LogP contribution < -0.4 is 5.32 Å². The highest BCUT2D eigenvalue weighted by Gasteiger charge is 2.27. The summed E-state index contributed by atoms with van der Waals surface area (Å²) in [5.74, 6) is 2.18. The molecule has 1 rings (SSSR count). The van der Waals surface area contributed by atoms with E-state index >= 15 is 0 Å². The third-order valence-electron chi connectivity index (χ3n) is 3.83. The molecular formula is C18H38N2O. The van der Waals surface area contributed by atoms with Gasteiger partial charge in [0.1, 0.15) is 0 Å². The molecule has 1 aliphatic rings. The second kappa shape index (κ2) is 9.81. The van der Waals surface area contributed by atoms with Gasteiger partial charge in [0.05, 0.1) is 12.2 Å². The van der Waals surface area contributed by atoms with Gasteiger partial charge < -0.3 is 15.0 Å². The molecule has 0 amide bonds. The van der Waals surface area contributed by atoms with Crippen molar-refractivity contribution in [2.45, 2.75) is 66.6 Å². The van der Waals surface area contributed by atoms with Gasteiger partial charge in [0.15, 0.2) is 0 Å². The van der Waals surface area contributed by atoms with E-state index in [1.165, 1.54) is 25.9 Å². The lowest BCUT2D eigenvalue weighted by Gasteiger charge is -2.28. The van der Waals surface area contributed by atoms with Crippen LogP contribution in [-0.4, -0.2) is 49.8 Å². The largest absolute Gasteiger partial charge is 0.372 e. The van der Waals surface area contributed by atoms with Gasteiger partial charge in [-0.1, -0.05) is 41.5 Å². The third kappa shape index (κ3) is 8.80. The molecule has 2 atom stereocenters. The molecule has 126 valence electrons. The number of nitrogens with zero attached hydrogens (tertiary/aromatic N) is 1. The van der Waals surface area contributed by atoms with E-state index in [0.717, 1.165) is 37.4 Å². The van der Waals surface area contributed by atoms with Gasteiger partial charge in [-0.05, 0) is 37.1 Å². The molecule has 1 aliphatic heterocycles. The molecule has 1 heterocycles. The summed E-state index contributed by atoms with van der Waals surface area (Å²) in [6, 6.07) is 0. The fourth-order valence-corrected chi connectivity index (χ4v) is 3.14. The van der Waals surface area contributed by atoms with Crippen LogP contribution in [0.1, 0.15) is 54.4 Å². The molecule has 0 aromatic rings. The smallest absolute Gasteiger partial charge is 0.0707 e. The molecule has 0 aliphatic carbocycles. The molecule has 2 unspecified atom stereocenters. The molecule has 0 spiro atoms. The van der Waals surface area contributed by atoms with Crippen molar-refractivity contribution < 1.29 is 4.74 Å². The number of hydrogen-bond donors (Lipinski definition) is 1. The van der Waals surface area contributed by atoms with Crippen LogP contribution in [0.3, 0.4) is 0 Å². The zero-order valence-electron chi connectivity index (χ0n) is 15.2. The summed E-state index contributed by atoms with van der Waals surface area (Å²) in [4.78, 5) is 2.60. The summed E-state index contributed by atoms with van der Waals surface area (Å²) in [5, 5.41) is 3.53. The molecular weight excluding hydrogens is 260 g/mol. The highest BCUT2D eigenvalue weighted by molar-refractivity contribution is 4.79. The van der Waals surface area contributed by atoms with Gasteiger partial charge in [-0.15, -0.1) is 0 Å². The van der Waals surface area contributed by atoms with Crippen molar-refractivity contribution in [2.24, 2.45) is 17.8 Å². The van der Waals surface area contributed by atoms with Crippen LogP contribution in [0.25, 0.3) is 0 Å². The Kier molecular flexibility index (Phi) is 8.84. The van der Waals surface area contributed by atoms with Crippen molar-refractivity contribution in [1.82, 2.24) is 10.2 Å². The van der Waals surface area contributed by atoms with E-state index < -0.39 is 0 Å². The molecule has 1 fully saturated rings. The van der Waals surface area contributed by atoms with Crippen molar-refractivity contribution >= 4 is 0 Å². The van der Waals surface area contributed by atoms with Gasteiger partial charge in [-0.25, -0.2) is 0 Å². The number of rotatable bonds is 10. The van der Waals surface area contributed by atoms with E-state index in [9.17, 15) is 0 Å². The fraction of sp³-hybridized carbons (Fsp3) is 1.00. The third-order valence-corrected chi connectivity index (χ3v) is 3.83. The van der Waals surface area contributed by atoms with Crippen molar-refractivity contribution in [2.75, 3.05) is 32.7 Å². The van der Waals surface area contributed by atoms with E-state index in [-0.39, 0.29) is 0 Å². The lowest BCUT2D eigenvalue weighted by molar-refractivity contribution is 0.0190. The van der Waals surface area contributed by atoms with Gasteiger partial charge in [0.25, 0.3) is 0 Å². The normalized spacial score (nSPS) is 23.1. The minimum absolute atomic E-state index is 0.425. The summed E-state index contributed by atoms with van der Waals surface area (Å²) in [6.07, 6.45) is 3.30. The standard InChI is InChI=1S/C18H38N2O/c1-14(2)9-19-10-17-7-8-18(21-17)13-20(11-15(3)4)12-16(5)6/h14-19H,7-13H2,1-6H3. The fourth-order valence-electron chi connectivity index (χ4n) is 3.14. The van der Waals surface area contributed by atoms with Crippen molar-refractivity contribution in [3.8, 4) is 0 Å². The second-order valence-corrected chi connectivity index (χ2v) is 8.02. The maximum atomic E-state index is 6.23. The van der Waals surface area contributed by atoms with Gasteiger partial charge in [0, 0.05) is 26.2 Å². The first kappa shape index (κ1) is 18.9. The Labute approximate surface area is 132 Å². The van der Waals surface area contributed by atoms with Crippen LogP contribution >= 0.6 is 0 Å². The minimum Gasteiger partial charge on any atom is -0.372 e. The van der Waals surface area contributed by atoms with Crippen molar-refractivity contribution in [3.63, 3.8) is 0 Å². The summed E-state index contributed by atoms with van der Waals surface area (Å²) < 4.78 is 6.23. The molecule has 1 saturated heterocycles. The average Bonchev–Trinajstić information content (AvgIpc) is 2.74. The lowest BCUT2D eigenvalue weighted by atomic mass is 10.1. The number of nitrogens with one attached hydrogen (secondary N) is 1. The van der Waals surface area contributed by atoms with Crippen LogP contribution in [0.2, 0.25) is 0 Å². The summed E-state index contributed by atoms with van der Waals surface area (Å²) >= 11 is 0. The molecule has 0 saturated carbocycles. The predicted octanol–water partition coefficient (Wildman–Crippen LogP) is 3.39. The maximum Gasteiger partial charge on any atom is 0.0707 e. The van der Waals surface area contributed by atoms with Gasteiger partial charge in [-0.3, -0.25) is 0 Å².